The van der Waals surface area contributed by atoms with Gasteiger partial charge >= 0.3 is 0 Å². The topological polar surface area (TPSA) is 107 Å². The number of rotatable bonds is 23. The fraction of sp³-hybridized carbons (Fsp3) is 0.880. The molecule has 0 aliphatic carbocycles. The zero-order valence-corrected chi connectivity index (χ0v) is 23.8. The van der Waals surface area contributed by atoms with Crippen LogP contribution in [0.2, 0.25) is 0 Å². The number of hydrogen-bond acceptors (Lipinski definition) is 9. The van der Waals surface area contributed by atoms with E-state index in [0.29, 0.717) is 17.8 Å². The number of hydrogen-bond donors (Lipinski definition) is 4. The van der Waals surface area contributed by atoms with Gasteiger partial charge in [0.2, 0.25) is 17.8 Å². The molecule has 0 atom stereocenters. The summed E-state index contributed by atoms with van der Waals surface area (Å²) in [6, 6.07) is 0. The third-order valence-electron chi connectivity index (χ3n) is 5.74. The van der Waals surface area contributed by atoms with Crippen molar-refractivity contribution in [1.29, 1.82) is 0 Å². The first-order chi connectivity index (χ1) is 16.5. The average molecular weight is 516 g/mol. The quantitative estimate of drug-likeness (QED) is 0.162. The molecule has 0 aliphatic heterocycles. The first-order valence-electron chi connectivity index (χ1n) is 13.5. The number of aromatic nitrogens is 3. The highest BCUT2D eigenvalue weighted by Crippen LogP contribution is 2.13. The highest BCUT2D eigenvalue weighted by Gasteiger charge is 2.09. The predicted octanol–water partition coefficient (Wildman–Crippen LogP) is 3.66. The van der Waals surface area contributed by atoms with E-state index < -0.39 is 0 Å². The molecule has 0 saturated carbocycles. The van der Waals surface area contributed by atoms with Gasteiger partial charge in [0.25, 0.3) is 0 Å². The molecule has 35 heavy (non-hydrogen) atoms. The zero-order chi connectivity index (χ0) is 24.9. The van der Waals surface area contributed by atoms with E-state index in [4.69, 9.17) is 5.73 Å². The normalized spacial score (nSPS) is 10.8. The van der Waals surface area contributed by atoms with Gasteiger partial charge in [-0.2, -0.15) is 15.0 Å². The number of unbranched alkanes of at least 4 members (excludes halogenated alkanes) is 9. The second-order valence-electron chi connectivity index (χ2n) is 9.51. The maximum Gasteiger partial charge on any atom is 0.231 e. The van der Waals surface area contributed by atoms with Crippen molar-refractivity contribution in [2.75, 3.05) is 82.6 Å². The van der Waals surface area contributed by atoms with Crippen LogP contribution in [0, 0.1) is 0 Å². The Morgan fingerprint density at radius 2 is 0.943 bits per heavy atom. The van der Waals surface area contributed by atoms with Crippen LogP contribution in [0.15, 0.2) is 0 Å². The molecule has 0 unspecified atom stereocenters. The van der Waals surface area contributed by atoms with Crippen LogP contribution in [0.3, 0.4) is 0 Å². The van der Waals surface area contributed by atoms with E-state index in [1.807, 2.05) is 38.0 Å². The molecule has 1 heterocycles. The second kappa shape index (κ2) is 23.0. The summed E-state index contributed by atoms with van der Waals surface area (Å²) in [7, 11) is 7.76. The lowest BCUT2D eigenvalue weighted by Gasteiger charge is -2.16. The summed E-state index contributed by atoms with van der Waals surface area (Å²) in [4.78, 5) is 17.2. The molecule has 1 rings (SSSR count). The Bertz CT molecular complexity index is 576. The molecule has 5 N–H and O–H groups in total. The van der Waals surface area contributed by atoms with Crippen LogP contribution in [0.5, 0.6) is 0 Å². The summed E-state index contributed by atoms with van der Waals surface area (Å²) in [6.45, 7) is 5.99. The van der Waals surface area contributed by atoms with E-state index in [1.165, 1.54) is 64.2 Å². The van der Waals surface area contributed by atoms with E-state index in [0.717, 1.165) is 52.1 Å². The lowest BCUT2D eigenvalue weighted by molar-refractivity contribution is 0.531. The summed E-state index contributed by atoms with van der Waals surface area (Å²) in [5.74, 6) is 1.97. The number of anilines is 3. The van der Waals surface area contributed by atoms with Crippen molar-refractivity contribution < 1.29 is 0 Å². The Kier molecular flexibility index (Phi) is 22.1. The minimum atomic E-state index is 0. The minimum Gasteiger partial charge on any atom is -0.354 e. The average Bonchev–Trinajstić information content (AvgIpc) is 2.82. The third-order valence-corrected chi connectivity index (χ3v) is 5.74. The number of halogens is 1. The smallest absolute Gasteiger partial charge is 0.231 e. The fourth-order valence-electron chi connectivity index (χ4n) is 3.64. The molecule has 0 fully saturated rings. The van der Waals surface area contributed by atoms with Gasteiger partial charge in [0.15, 0.2) is 0 Å². The molecule has 0 bridgehead atoms. The van der Waals surface area contributed by atoms with Crippen LogP contribution in [0.4, 0.5) is 17.8 Å². The zero-order valence-electron chi connectivity index (χ0n) is 22.9. The Labute approximate surface area is 221 Å². The van der Waals surface area contributed by atoms with Crippen molar-refractivity contribution >= 4 is 30.3 Å². The van der Waals surface area contributed by atoms with Gasteiger partial charge in [-0.3, -0.25) is 0 Å². The second-order valence-corrected chi connectivity index (χ2v) is 9.51. The van der Waals surface area contributed by atoms with Gasteiger partial charge < -0.3 is 31.5 Å². The molecule has 0 spiro atoms. The minimum absolute atomic E-state index is 0. The molecule has 0 aliphatic rings. The van der Waals surface area contributed by atoms with Crippen molar-refractivity contribution in [2.24, 2.45) is 5.73 Å². The van der Waals surface area contributed by atoms with E-state index in [-0.39, 0.29) is 12.4 Å². The Balaban J connectivity index is 0.0000116. The van der Waals surface area contributed by atoms with Gasteiger partial charge in [-0.05, 0) is 58.4 Å². The Morgan fingerprint density at radius 1 is 0.543 bits per heavy atom. The molecule has 0 radical (unpaired) electrons. The third kappa shape index (κ3) is 18.5. The van der Waals surface area contributed by atoms with Crippen LogP contribution in [0.25, 0.3) is 0 Å². The van der Waals surface area contributed by atoms with Gasteiger partial charge in [-0.25, -0.2) is 0 Å². The summed E-state index contributed by atoms with van der Waals surface area (Å²) < 4.78 is 0. The van der Waals surface area contributed by atoms with Gasteiger partial charge in [-0.15, -0.1) is 12.4 Å². The van der Waals surface area contributed by atoms with Crippen molar-refractivity contribution in [3.63, 3.8) is 0 Å². The van der Waals surface area contributed by atoms with Gasteiger partial charge in [0.1, 0.15) is 0 Å². The number of nitrogens with two attached hydrogens (primary N) is 1. The van der Waals surface area contributed by atoms with Gasteiger partial charge in [0, 0.05) is 34.7 Å². The standard InChI is InChI=1S/C25H53N9.ClH/c1-33(2)24-30-23(31-25(32-24)34(3)4)29-22-16-21-28-19-14-12-10-8-6-5-7-9-11-13-18-27-20-15-17-26;/h27-28H,5-22,26H2,1-4H3,(H,29,30,31,32);1H. The fourth-order valence-corrected chi connectivity index (χ4v) is 3.64. The molecule has 1 aromatic heterocycles. The van der Waals surface area contributed by atoms with E-state index in [9.17, 15) is 0 Å². The molecule has 0 aromatic carbocycles. The molecular formula is C25H54ClN9. The van der Waals surface area contributed by atoms with Gasteiger partial charge in [0.05, 0.1) is 0 Å². The molecule has 0 amide bonds. The molecule has 9 nitrogen and oxygen atoms in total. The molecule has 10 heteroatoms. The van der Waals surface area contributed by atoms with Crippen LogP contribution >= 0.6 is 12.4 Å². The molecule has 1 aromatic rings. The van der Waals surface area contributed by atoms with Crippen molar-refractivity contribution in [1.82, 2.24) is 25.6 Å². The monoisotopic (exact) mass is 515 g/mol. The summed E-state index contributed by atoms with van der Waals surface area (Å²) >= 11 is 0. The molecular weight excluding hydrogens is 462 g/mol. The molecule has 206 valence electrons. The van der Waals surface area contributed by atoms with E-state index in [1.54, 1.807) is 0 Å². The molecule has 0 saturated heterocycles. The summed E-state index contributed by atoms with van der Waals surface area (Å²) in [5, 5.41) is 10.3. The Morgan fingerprint density at radius 3 is 1.37 bits per heavy atom. The predicted molar refractivity (Wildman–Crippen MR) is 154 cm³/mol. The van der Waals surface area contributed by atoms with Crippen LogP contribution in [-0.2, 0) is 0 Å². The maximum absolute atomic E-state index is 5.49. The summed E-state index contributed by atoms with van der Waals surface area (Å²) in [6.07, 6.45) is 15.8. The van der Waals surface area contributed by atoms with Crippen LogP contribution < -0.4 is 31.5 Å². The van der Waals surface area contributed by atoms with Crippen LogP contribution in [-0.4, -0.2) is 82.4 Å². The summed E-state index contributed by atoms with van der Waals surface area (Å²) in [5.41, 5.74) is 5.49. The lowest BCUT2D eigenvalue weighted by atomic mass is 10.1. The first kappa shape index (κ1) is 33.6. The highest BCUT2D eigenvalue weighted by molar-refractivity contribution is 5.85. The van der Waals surface area contributed by atoms with Crippen LogP contribution in [0.1, 0.15) is 77.0 Å². The SMILES string of the molecule is CN(C)c1nc(NCCCNCCCCCCCCCCCCNCCCN)nc(N(C)C)n1.Cl. The first-order valence-corrected chi connectivity index (χ1v) is 13.5. The lowest BCUT2D eigenvalue weighted by Crippen LogP contribution is -2.22. The van der Waals surface area contributed by atoms with Gasteiger partial charge in [-0.1, -0.05) is 51.4 Å². The Hall–Kier alpha value is -1.42. The highest BCUT2D eigenvalue weighted by atomic mass is 35.5. The van der Waals surface area contributed by atoms with Crippen molar-refractivity contribution in [3.8, 4) is 0 Å². The largest absolute Gasteiger partial charge is 0.354 e. The van der Waals surface area contributed by atoms with E-state index in [2.05, 4.69) is 30.9 Å². The van der Waals surface area contributed by atoms with Crippen molar-refractivity contribution in [3.05, 3.63) is 0 Å². The van der Waals surface area contributed by atoms with Crippen molar-refractivity contribution in [2.45, 2.75) is 77.0 Å². The number of nitrogens with one attached hydrogen (secondary N) is 3. The van der Waals surface area contributed by atoms with E-state index >= 15 is 0 Å². The number of nitrogens with zero attached hydrogens (tertiary/aromatic N) is 5. The maximum atomic E-state index is 5.49.